The summed E-state index contributed by atoms with van der Waals surface area (Å²) in [7, 11) is 3.61. The van der Waals surface area contributed by atoms with Crippen molar-refractivity contribution in [2.45, 2.75) is 103 Å². The molecule has 8 heteroatoms. The Bertz CT molecular complexity index is 1170. The third-order valence-electron chi connectivity index (χ3n) is 12.1. The van der Waals surface area contributed by atoms with Gasteiger partial charge in [-0.15, -0.1) is 0 Å². The Kier molecular flexibility index (Phi) is 7.41. The van der Waals surface area contributed by atoms with E-state index in [4.69, 9.17) is 14.2 Å². The normalized spacial score (nSPS) is 41.0. The van der Waals surface area contributed by atoms with Gasteiger partial charge >= 0.3 is 5.97 Å². The third-order valence-corrected chi connectivity index (χ3v) is 12.1. The molecule has 9 atom stereocenters. The standard InChI is InChI=1S/C33H47NO7/c1-18(34(4)5)30(38)39-17-26(37)23-14-13-22-21-12-11-20-15-24(35)28-29(41-31(40-28)19-9-7-6-8-10-19)33(20,3)27(21)25(36)16-32(22,23)2/h15,18-19,21-23,25,27,31,36H,6-14,16-17H2,1-5H3/t18-,21?,22?,23+,25-,27?,31-,32-,33-/m0/s1. The molecular formula is C33H47NO7. The zero-order valence-corrected chi connectivity index (χ0v) is 25.3. The van der Waals surface area contributed by atoms with Gasteiger partial charge in [-0.3, -0.25) is 19.3 Å². The average Bonchev–Trinajstić information content (AvgIpc) is 3.55. The van der Waals surface area contributed by atoms with Crippen LogP contribution in [0.15, 0.2) is 23.2 Å². The summed E-state index contributed by atoms with van der Waals surface area (Å²) in [6.45, 7) is 5.86. The Morgan fingerprint density at radius 3 is 2.54 bits per heavy atom. The number of esters is 1. The number of hydrogen-bond acceptors (Lipinski definition) is 8. The van der Waals surface area contributed by atoms with Crippen molar-refractivity contribution in [3.63, 3.8) is 0 Å². The van der Waals surface area contributed by atoms with Gasteiger partial charge in [-0.1, -0.05) is 31.8 Å². The van der Waals surface area contributed by atoms with Crippen molar-refractivity contribution in [3.8, 4) is 0 Å². The van der Waals surface area contributed by atoms with Crippen molar-refractivity contribution in [3.05, 3.63) is 23.2 Å². The second-order valence-corrected chi connectivity index (χ2v) is 14.4. The van der Waals surface area contributed by atoms with Crippen molar-refractivity contribution in [1.82, 2.24) is 4.90 Å². The molecule has 1 N–H and O–H groups in total. The zero-order valence-electron chi connectivity index (χ0n) is 25.3. The van der Waals surface area contributed by atoms with Crippen LogP contribution in [-0.2, 0) is 28.6 Å². The Morgan fingerprint density at radius 1 is 1.10 bits per heavy atom. The summed E-state index contributed by atoms with van der Waals surface area (Å²) in [6, 6.07) is -0.418. The molecule has 5 aliphatic carbocycles. The van der Waals surface area contributed by atoms with E-state index in [-0.39, 0.29) is 53.2 Å². The van der Waals surface area contributed by atoms with E-state index in [9.17, 15) is 19.5 Å². The Balaban J connectivity index is 1.23. The molecule has 3 unspecified atom stereocenters. The number of likely N-dealkylation sites (N-methyl/N-ethyl adjacent to an activating group) is 1. The SMILES string of the molecule is C[C@@H](C(=O)OCC(=O)[C@H]1CCC2C3CCC4=CC(=O)C5=C(O[C@@H](C6CCCCC6)O5)[C@]4(C)C3[C@@H](O)C[C@@]21C)N(C)C. The summed E-state index contributed by atoms with van der Waals surface area (Å²) in [6.07, 6.45) is 10.1. The number of hydrogen-bond donors (Lipinski definition) is 1. The summed E-state index contributed by atoms with van der Waals surface area (Å²) in [4.78, 5) is 40.8. The number of fused-ring (bicyclic) bond motifs is 6. The zero-order chi connectivity index (χ0) is 29.3. The van der Waals surface area contributed by atoms with Crippen LogP contribution in [0.2, 0.25) is 0 Å². The van der Waals surface area contributed by atoms with E-state index in [0.29, 0.717) is 17.9 Å². The van der Waals surface area contributed by atoms with Crippen LogP contribution < -0.4 is 0 Å². The molecule has 4 saturated carbocycles. The minimum Gasteiger partial charge on any atom is -0.457 e. The Morgan fingerprint density at radius 2 is 1.83 bits per heavy atom. The van der Waals surface area contributed by atoms with Crippen LogP contribution >= 0.6 is 0 Å². The molecule has 0 amide bonds. The minimum absolute atomic E-state index is 0.0429. The molecule has 0 aromatic carbocycles. The minimum atomic E-state index is -0.654. The number of carbonyl (C=O) groups is 3. The molecule has 226 valence electrons. The van der Waals surface area contributed by atoms with E-state index in [1.165, 1.54) is 6.42 Å². The van der Waals surface area contributed by atoms with E-state index in [2.05, 4.69) is 13.8 Å². The Hall–Kier alpha value is -2.19. The lowest BCUT2D eigenvalue weighted by atomic mass is 9.46. The molecule has 8 nitrogen and oxygen atoms in total. The van der Waals surface area contributed by atoms with Gasteiger partial charge in [0.1, 0.15) is 12.6 Å². The number of aliphatic hydroxyl groups excluding tert-OH is 1. The molecule has 0 bridgehead atoms. The topological polar surface area (TPSA) is 102 Å². The molecule has 1 heterocycles. The molecule has 41 heavy (non-hydrogen) atoms. The number of Topliss-reactive ketones (excluding diaryl/α,β-unsaturated/α-hetero) is 1. The first-order valence-electron chi connectivity index (χ1n) is 15.8. The average molecular weight is 570 g/mol. The summed E-state index contributed by atoms with van der Waals surface area (Å²) < 4.78 is 18.3. The van der Waals surface area contributed by atoms with Crippen LogP contribution in [-0.4, -0.2) is 66.7 Å². The van der Waals surface area contributed by atoms with Gasteiger partial charge in [0.15, 0.2) is 11.5 Å². The number of carbonyl (C=O) groups excluding carboxylic acids is 3. The summed E-state index contributed by atoms with van der Waals surface area (Å²) in [5.41, 5.74) is 0.0790. The fraction of sp³-hybridized carbons (Fsp3) is 0.788. The number of allylic oxidation sites excluding steroid dienone is 2. The Labute approximate surface area is 243 Å². The van der Waals surface area contributed by atoms with Crippen LogP contribution in [0, 0.1) is 40.4 Å². The molecular weight excluding hydrogens is 522 g/mol. The first-order valence-corrected chi connectivity index (χ1v) is 15.8. The smallest absolute Gasteiger partial charge is 0.323 e. The monoisotopic (exact) mass is 569 g/mol. The number of ketones is 2. The molecule has 0 saturated heterocycles. The maximum atomic E-state index is 13.5. The van der Waals surface area contributed by atoms with Crippen LogP contribution in [0.3, 0.4) is 0 Å². The van der Waals surface area contributed by atoms with Crippen LogP contribution in [0.25, 0.3) is 0 Å². The molecule has 0 aromatic heterocycles. The quantitative estimate of drug-likeness (QED) is 0.465. The molecule has 1 aliphatic heterocycles. The van der Waals surface area contributed by atoms with Gasteiger partial charge in [0.25, 0.3) is 0 Å². The van der Waals surface area contributed by atoms with Gasteiger partial charge in [-0.25, -0.2) is 0 Å². The van der Waals surface area contributed by atoms with E-state index in [0.717, 1.165) is 56.9 Å². The maximum Gasteiger partial charge on any atom is 0.323 e. The fourth-order valence-corrected chi connectivity index (χ4v) is 9.70. The highest BCUT2D eigenvalue weighted by atomic mass is 16.7. The van der Waals surface area contributed by atoms with Crippen molar-refractivity contribution in [2.75, 3.05) is 20.7 Å². The lowest BCUT2D eigenvalue weighted by Crippen LogP contribution is -2.57. The number of aliphatic hydroxyl groups is 1. The highest BCUT2D eigenvalue weighted by Crippen LogP contribution is 2.68. The van der Waals surface area contributed by atoms with E-state index in [1.807, 2.05) is 14.1 Å². The molecule has 0 spiro atoms. The van der Waals surface area contributed by atoms with Crippen LogP contribution in [0.1, 0.15) is 85.0 Å². The molecule has 4 fully saturated rings. The van der Waals surface area contributed by atoms with Crippen molar-refractivity contribution in [1.29, 1.82) is 0 Å². The van der Waals surface area contributed by atoms with Crippen molar-refractivity contribution >= 4 is 17.5 Å². The van der Waals surface area contributed by atoms with Gasteiger partial charge < -0.3 is 19.3 Å². The second-order valence-electron chi connectivity index (χ2n) is 14.4. The fourth-order valence-electron chi connectivity index (χ4n) is 9.70. The van der Waals surface area contributed by atoms with Gasteiger partial charge in [-0.05, 0) is 96.2 Å². The van der Waals surface area contributed by atoms with Gasteiger partial charge in [0.05, 0.1) is 11.5 Å². The van der Waals surface area contributed by atoms with Crippen LogP contribution in [0.4, 0.5) is 0 Å². The summed E-state index contributed by atoms with van der Waals surface area (Å²) in [5.74, 6) is 0.818. The van der Waals surface area contributed by atoms with E-state index >= 15 is 0 Å². The number of rotatable bonds is 6. The highest BCUT2D eigenvalue weighted by Gasteiger charge is 2.66. The highest BCUT2D eigenvalue weighted by molar-refractivity contribution is 6.05. The van der Waals surface area contributed by atoms with Gasteiger partial charge in [0, 0.05) is 17.8 Å². The maximum absolute atomic E-state index is 13.5. The molecule has 6 rings (SSSR count). The van der Waals surface area contributed by atoms with Crippen molar-refractivity contribution in [2.24, 2.45) is 40.4 Å². The number of nitrogens with zero attached hydrogens (tertiary/aromatic N) is 1. The molecule has 0 radical (unpaired) electrons. The summed E-state index contributed by atoms with van der Waals surface area (Å²) in [5, 5.41) is 11.9. The largest absolute Gasteiger partial charge is 0.457 e. The lowest BCUT2D eigenvalue weighted by Gasteiger charge is -2.59. The first-order chi connectivity index (χ1) is 19.5. The number of ether oxygens (including phenoxy) is 3. The predicted octanol–water partition coefficient (Wildman–Crippen LogP) is 4.55. The van der Waals surface area contributed by atoms with Crippen LogP contribution in [0.5, 0.6) is 0 Å². The second kappa shape index (κ2) is 10.5. The first kappa shape index (κ1) is 28.9. The molecule has 6 aliphatic rings. The predicted molar refractivity (Wildman–Crippen MR) is 151 cm³/mol. The third kappa shape index (κ3) is 4.50. The van der Waals surface area contributed by atoms with Gasteiger partial charge in [-0.2, -0.15) is 0 Å². The van der Waals surface area contributed by atoms with Gasteiger partial charge in [0.2, 0.25) is 17.8 Å². The lowest BCUT2D eigenvalue weighted by molar-refractivity contribution is -0.158. The van der Waals surface area contributed by atoms with E-state index < -0.39 is 29.8 Å². The van der Waals surface area contributed by atoms with E-state index in [1.54, 1.807) is 17.9 Å². The molecule has 0 aromatic rings. The summed E-state index contributed by atoms with van der Waals surface area (Å²) >= 11 is 0. The van der Waals surface area contributed by atoms with Crippen molar-refractivity contribution < 1.29 is 33.7 Å².